The lowest BCUT2D eigenvalue weighted by Crippen LogP contribution is -2.01. The van der Waals surface area contributed by atoms with E-state index in [1.165, 1.54) is 0 Å². The molecule has 0 aliphatic rings. The van der Waals surface area contributed by atoms with Crippen molar-refractivity contribution in [3.05, 3.63) is 17.9 Å². The van der Waals surface area contributed by atoms with Crippen molar-refractivity contribution in [2.45, 2.75) is 0 Å². The molecule has 1 unspecified atom stereocenters. The SMILES string of the molecule is CN(C)/N=C\c1ccc([P+](C)=O)o1. The molecule has 0 aliphatic heterocycles. The van der Waals surface area contributed by atoms with Crippen molar-refractivity contribution >= 4 is 19.5 Å². The van der Waals surface area contributed by atoms with Crippen LogP contribution in [0.2, 0.25) is 0 Å². The first-order valence-corrected chi connectivity index (χ1v) is 5.52. The topological polar surface area (TPSA) is 45.8 Å². The molecule has 1 aromatic heterocycles. The average Bonchev–Trinajstić information content (AvgIpc) is 2.48. The van der Waals surface area contributed by atoms with E-state index in [1.54, 1.807) is 30.0 Å². The lowest BCUT2D eigenvalue weighted by molar-refractivity contribution is 0.438. The summed E-state index contributed by atoms with van der Waals surface area (Å²) in [5.74, 6) is 0.619. The molecular weight excluding hydrogens is 187 g/mol. The van der Waals surface area contributed by atoms with Gasteiger partial charge in [0.15, 0.2) is 5.76 Å². The second kappa shape index (κ2) is 4.19. The summed E-state index contributed by atoms with van der Waals surface area (Å²) in [6.45, 7) is 1.61. The van der Waals surface area contributed by atoms with Gasteiger partial charge in [0.1, 0.15) is 6.66 Å². The highest BCUT2D eigenvalue weighted by molar-refractivity contribution is 7.52. The van der Waals surface area contributed by atoms with Crippen molar-refractivity contribution in [1.29, 1.82) is 0 Å². The van der Waals surface area contributed by atoms with Crippen LogP contribution in [0.25, 0.3) is 0 Å². The highest BCUT2D eigenvalue weighted by atomic mass is 31.1. The Bertz CT molecular complexity index is 331. The fourth-order valence-corrected chi connectivity index (χ4v) is 1.27. The van der Waals surface area contributed by atoms with Crippen LogP contribution in [-0.4, -0.2) is 32.0 Å². The van der Waals surface area contributed by atoms with Gasteiger partial charge in [0, 0.05) is 20.2 Å². The summed E-state index contributed by atoms with van der Waals surface area (Å²) in [5.41, 5.74) is 0.509. The molecule has 1 aromatic rings. The van der Waals surface area contributed by atoms with Crippen LogP contribution in [0.3, 0.4) is 0 Å². The number of hydrazone groups is 1. The summed E-state index contributed by atoms with van der Waals surface area (Å²) >= 11 is 0. The highest BCUT2D eigenvalue weighted by Crippen LogP contribution is 2.14. The molecule has 0 fully saturated rings. The van der Waals surface area contributed by atoms with E-state index in [2.05, 4.69) is 5.10 Å². The van der Waals surface area contributed by atoms with Gasteiger partial charge in [-0.1, -0.05) is 4.57 Å². The van der Waals surface area contributed by atoms with Crippen molar-refractivity contribution in [1.82, 2.24) is 5.01 Å². The van der Waals surface area contributed by atoms with Gasteiger partial charge in [0.25, 0.3) is 0 Å². The van der Waals surface area contributed by atoms with Gasteiger partial charge in [-0.25, -0.2) is 0 Å². The fraction of sp³-hybridized carbons (Fsp3) is 0.375. The minimum absolute atomic E-state index is 0.509. The molecule has 1 rings (SSSR count). The standard InChI is InChI=1S/C8H12N2O2P/c1-10(2)9-6-7-4-5-8(12-7)13(3)11/h4-6H,1-3H3/q+1/b9-6-. The second-order valence-corrected chi connectivity index (χ2v) is 4.20. The Hall–Kier alpha value is -1.15. The van der Waals surface area contributed by atoms with Crippen LogP contribution in [-0.2, 0) is 4.57 Å². The number of hydrogen-bond donors (Lipinski definition) is 0. The summed E-state index contributed by atoms with van der Waals surface area (Å²) in [4.78, 5) is 0. The molecule has 0 spiro atoms. The third-order valence-electron chi connectivity index (χ3n) is 1.34. The maximum Gasteiger partial charge on any atom is 0.412 e. The van der Waals surface area contributed by atoms with Gasteiger partial charge in [-0.15, -0.1) is 0 Å². The molecular formula is C8H12N2O2P+. The Morgan fingerprint density at radius 1 is 1.54 bits per heavy atom. The van der Waals surface area contributed by atoms with E-state index in [-0.39, 0.29) is 0 Å². The number of rotatable bonds is 3. The van der Waals surface area contributed by atoms with Crippen LogP contribution in [0.1, 0.15) is 5.76 Å². The van der Waals surface area contributed by atoms with Crippen LogP contribution in [0.4, 0.5) is 0 Å². The summed E-state index contributed by atoms with van der Waals surface area (Å²) < 4.78 is 16.2. The molecule has 0 radical (unpaired) electrons. The Labute approximate surface area is 78.0 Å². The molecule has 0 amide bonds. The Balaban J connectivity index is 2.75. The van der Waals surface area contributed by atoms with Crippen LogP contribution in [0.5, 0.6) is 0 Å². The van der Waals surface area contributed by atoms with Gasteiger partial charge in [-0.05, 0) is 6.07 Å². The minimum atomic E-state index is -1.39. The Kier molecular flexibility index (Phi) is 3.20. The van der Waals surface area contributed by atoms with Crippen molar-refractivity contribution < 1.29 is 8.98 Å². The summed E-state index contributed by atoms with van der Waals surface area (Å²) in [6, 6.07) is 3.45. The third-order valence-corrected chi connectivity index (χ3v) is 2.20. The fourth-order valence-electron chi connectivity index (χ4n) is 0.753. The molecule has 0 aliphatic carbocycles. The largest absolute Gasteiger partial charge is 0.417 e. The van der Waals surface area contributed by atoms with E-state index in [9.17, 15) is 4.57 Å². The quantitative estimate of drug-likeness (QED) is 0.418. The number of hydrogen-bond acceptors (Lipinski definition) is 4. The van der Waals surface area contributed by atoms with E-state index in [0.717, 1.165) is 0 Å². The maximum absolute atomic E-state index is 11.0. The second-order valence-electron chi connectivity index (χ2n) is 2.77. The van der Waals surface area contributed by atoms with Gasteiger partial charge in [-0.2, -0.15) is 5.10 Å². The van der Waals surface area contributed by atoms with E-state index in [0.29, 0.717) is 11.3 Å². The first-order valence-electron chi connectivity index (χ1n) is 3.81. The molecule has 0 saturated heterocycles. The minimum Gasteiger partial charge on any atom is -0.417 e. The summed E-state index contributed by atoms with van der Waals surface area (Å²) in [5, 5.41) is 5.65. The molecule has 0 bridgehead atoms. The maximum atomic E-state index is 11.0. The van der Waals surface area contributed by atoms with Crippen LogP contribution >= 0.6 is 7.80 Å². The van der Waals surface area contributed by atoms with Crippen molar-refractivity contribution in [2.24, 2.45) is 5.10 Å². The first kappa shape index (κ1) is 9.93. The van der Waals surface area contributed by atoms with Gasteiger partial charge >= 0.3 is 13.3 Å². The molecule has 0 saturated carbocycles. The molecule has 5 heteroatoms. The molecule has 70 valence electrons. The monoisotopic (exact) mass is 199 g/mol. The molecule has 4 nitrogen and oxygen atoms in total. The first-order chi connectivity index (χ1) is 6.09. The van der Waals surface area contributed by atoms with Crippen molar-refractivity contribution in [3.8, 4) is 0 Å². The Morgan fingerprint density at radius 2 is 2.23 bits per heavy atom. The summed E-state index contributed by atoms with van der Waals surface area (Å²) in [7, 11) is 2.25. The zero-order chi connectivity index (χ0) is 9.84. The number of furan rings is 1. The van der Waals surface area contributed by atoms with Crippen molar-refractivity contribution in [3.63, 3.8) is 0 Å². The van der Waals surface area contributed by atoms with Gasteiger partial charge in [0.05, 0.1) is 6.21 Å². The molecule has 0 aromatic carbocycles. The lowest BCUT2D eigenvalue weighted by Gasteiger charge is -1.99. The number of nitrogens with zero attached hydrogens (tertiary/aromatic N) is 2. The predicted molar refractivity (Wildman–Crippen MR) is 53.2 cm³/mol. The van der Waals surface area contributed by atoms with Crippen LogP contribution in [0, 0.1) is 0 Å². The molecule has 1 heterocycles. The smallest absolute Gasteiger partial charge is 0.412 e. The van der Waals surface area contributed by atoms with E-state index in [1.807, 2.05) is 14.1 Å². The average molecular weight is 199 g/mol. The van der Waals surface area contributed by atoms with E-state index in [4.69, 9.17) is 4.42 Å². The van der Waals surface area contributed by atoms with Gasteiger partial charge in [-0.3, -0.25) is 0 Å². The zero-order valence-electron chi connectivity index (χ0n) is 7.89. The molecule has 1 atom stereocenters. The van der Waals surface area contributed by atoms with E-state index < -0.39 is 7.80 Å². The van der Waals surface area contributed by atoms with Crippen LogP contribution < -0.4 is 5.50 Å². The van der Waals surface area contributed by atoms with Crippen molar-refractivity contribution in [2.75, 3.05) is 20.8 Å². The summed E-state index contributed by atoms with van der Waals surface area (Å²) in [6.07, 6.45) is 1.59. The normalized spacial score (nSPS) is 12.1. The lowest BCUT2D eigenvalue weighted by atomic mass is 10.5. The molecule has 13 heavy (non-hydrogen) atoms. The zero-order valence-corrected chi connectivity index (χ0v) is 8.78. The highest BCUT2D eigenvalue weighted by Gasteiger charge is 2.16. The Morgan fingerprint density at radius 3 is 2.69 bits per heavy atom. The van der Waals surface area contributed by atoms with Gasteiger partial charge in [0.2, 0.25) is 0 Å². The predicted octanol–water partition coefficient (Wildman–Crippen LogP) is 1.26. The van der Waals surface area contributed by atoms with Gasteiger partial charge < -0.3 is 9.43 Å². The molecule has 0 N–H and O–H groups in total. The van der Waals surface area contributed by atoms with E-state index >= 15 is 0 Å². The third kappa shape index (κ3) is 2.99. The van der Waals surface area contributed by atoms with Crippen LogP contribution in [0.15, 0.2) is 21.7 Å².